The first-order valence-corrected chi connectivity index (χ1v) is 15.4. The maximum Gasteiger partial charge on any atom is 0.272 e. The van der Waals surface area contributed by atoms with Crippen LogP contribution in [-0.4, -0.2) is 44.3 Å². The van der Waals surface area contributed by atoms with Crippen molar-refractivity contribution >= 4 is 58.5 Å². The number of rotatable bonds is 12. The topological polar surface area (TPSA) is 115 Å². The lowest BCUT2D eigenvalue weighted by molar-refractivity contribution is -0.115. The zero-order chi connectivity index (χ0) is 33.2. The fraction of sp³-hybridized carbons (Fsp3) is 0.171. The minimum atomic E-state index is -0.547. The second-order valence-electron chi connectivity index (χ2n) is 9.99. The van der Waals surface area contributed by atoms with Crippen molar-refractivity contribution in [2.75, 3.05) is 32.0 Å². The van der Waals surface area contributed by atoms with Crippen LogP contribution in [0.4, 0.5) is 11.4 Å². The minimum Gasteiger partial charge on any atom is -0.495 e. The van der Waals surface area contributed by atoms with Crippen molar-refractivity contribution in [3.63, 3.8) is 0 Å². The quantitative estimate of drug-likeness (QED) is 0.109. The Hall–Kier alpha value is -4.93. The van der Waals surface area contributed by atoms with E-state index in [0.717, 1.165) is 10.5 Å². The summed E-state index contributed by atoms with van der Waals surface area (Å²) < 4.78 is 16.3. The first kappa shape index (κ1) is 34.0. The van der Waals surface area contributed by atoms with Crippen molar-refractivity contribution < 1.29 is 28.6 Å². The van der Waals surface area contributed by atoms with Gasteiger partial charge in [0.05, 0.1) is 32.3 Å². The van der Waals surface area contributed by atoms with Crippen molar-refractivity contribution in [1.82, 2.24) is 5.32 Å². The summed E-state index contributed by atoms with van der Waals surface area (Å²) >= 11 is 7.54. The highest BCUT2D eigenvalue weighted by Gasteiger charge is 2.19. The summed E-state index contributed by atoms with van der Waals surface area (Å²) in [6.45, 7) is 3.64. The van der Waals surface area contributed by atoms with Gasteiger partial charge in [-0.15, -0.1) is 11.8 Å². The Morgan fingerprint density at radius 2 is 1.52 bits per heavy atom. The number of carbonyl (C=O) groups is 3. The Balaban J connectivity index is 1.49. The van der Waals surface area contributed by atoms with Crippen molar-refractivity contribution in [3.8, 4) is 17.2 Å². The number of thioether (sulfide) groups is 1. The molecule has 0 aliphatic heterocycles. The molecule has 46 heavy (non-hydrogen) atoms. The zero-order valence-electron chi connectivity index (χ0n) is 26.0. The highest BCUT2D eigenvalue weighted by molar-refractivity contribution is 8.00. The van der Waals surface area contributed by atoms with Gasteiger partial charge in [0, 0.05) is 32.8 Å². The van der Waals surface area contributed by atoms with Gasteiger partial charge in [-0.2, -0.15) is 0 Å². The van der Waals surface area contributed by atoms with E-state index in [1.807, 2.05) is 6.92 Å². The van der Waals surface area contributed by atoms with E-state index in [-0.39, 0.29) is 11.6 Å². The predicted octanol–water partition coefficient (Wildman–Crippen LogP) is 7.20. The van der Waals surface area contributed by atoms with E-state index < -0.39 is 17.1 Å². The second kappa shape index (κ2) is 15.9. The molecule has 238 valence electrons. The molecule has 0 heterocycles. The van der Waals surface area contributed by atoms with Gasteiger partial charge in [-0.1, -0.05) is 41.9 Å². The number of nitrogens with one attached hydrogen (secondary N) is 3. The molecule has 0 aliphatic carbocycles. The summed E-state index contributed by atoms with van der Waals surface area (Å²) in [6.07, 6.45) is 1.53. The molecular weight excluding hydrogens is 626 g/mol. The molecule has 0 saturated heterocycles. The summed E-state index contributed by atoms with van der Waals surface area (Å²) in [5.41, 5.74) is 2.77. The van der Waals surface area contributed by atoms with Crippen LogP contribution in [0, 0.1) is 6.92 Å². The SMILES string of the molecule is COc1cc(Cl)c(C)cc1NC(=O)C(C)Sc1ccc(NC(=O)/C(=C/c2cccc(OC)c2OC)NC(=O)c2ccccc2)cc1. The molecule has 0 aliphatic rings. The molecule has 4 rings (SSSR count). The summed E-state index contributed by atoms with van der Waals surface area (Å²) in [5.74, 6) is 0.153. The van der Waals surface area contributed by atoms with Crippen LogP contribution in [0.15, 0.2) is 95.5 Å². The highest BCUT2D eigenvalue weighted by atomic mass is 35.5. The van der Waals surface area contributed by atoms with Crippen molar-refractivity contribution in [3.05, 3.63) is 112 Å². The summed E-state index contributed by atoms with van der Waals surface area (Å²) in [7, 11) is 4.53. The zero-order valence-corrected chi connectivity index (χ0v) is 27.5. The normalized spacial score (nSPS) is 11.7. The van der Waals surface area contributed by atoms with Gasteiger partial charge in [0.25, 0.3) is 11.8 Å². The summed E-state index contributed by atoms with van der Waals surface area (Å²) in [5, 5.41) is 8.57. The minimum absolute atomic E-state index is 0.00276. The standard InChI is InChI=1S/C35H34ClN3O6S/c1-21-18-28(31(44-4)20-27(21)36)38-33(40)22(2)46-26-16-14-25(15-17-26)37-35(42)29(39-34(41)23-10-7-6-8-11-23)19-24-12-9-13-30(43-3)32(24)45-5/h6-20,22H,1-5H3,(H,37,42)(H,38,40)(H,39,41)/b29-19-. The highest BCUT2D eigenvalue weighted by Crippen LogP contribution is 2.33. The van der Waals surface area contributed by atoms with Crippen molar-refractivity contribution in [1.29, 1.82) is 0 Å². The van der Waals surface area contributed by atoms with Gasteiger partial charge in [0.1, 0.15) is 11.4 Å². The third kappa shape index (κ3) is 8.62. The molecule has 0 spiro atoms. The van der Waals surface area contributed by atoms with Gasteiger partial charge in [-0.3, -0.25) is 14.4 Å². The second-order valence-corrected chi connectivity index (χ2v) is 11.8. The Labute approximate surface area is 277 Å². The molecule has 0 bridgehead atoms. The van der Waals surface area contributed by atoms with Crippen LogP contribution in [0.25, 0.3) is 6.08 Å². The van der Waals surface area contributed by atoms with Crippen LogP contribution in [0.3, 0.4) is 0 Å². The van der Waals surface area contributed by atoms with Gasteiger partial charge in [-0.05, 0) is 74.0 Å². The van der Waals surface area contributed by atoms with Gasteiger partial charge >= 0.3 is 0 Å². The van der Waals surface area contributed by atoms with Gasteiger partial charge in [0.15, 0.2) is 11.5 Å². The van der Waals surface area contributed by atoms with Gasteiger partial charge < -0.3 is 30.2 Å². The van der Waals surface area contributed by atoms with Crippen LogP contribution in [0.1, 0.15) is 28.4 Å². The van der Waals surface area contributed by atoms with Crippen LogP contribution in [0.5, 0.6) is 17.2 Å². The average Bonchev–Trinajstić information content (AvgIpc) is 3.06. The van der Waals surface area contributed by atoms with Crippen molar-refractivity contribution in [2.24, 2.45) is 0 Å². The van der Waals surface area contributed by atoms with E-state index >= 15 is 0 Å². The number of halogens is 1. The fourth-order valence-corrected chi connectivity index (χ4v) is 5.38. The summed E-state index contributed by atoms with van der Waals surface area (Å²) in [6, 6.07) is 24.3. The molecule has 1 unspecified atom stereocenters. The lowest BCUT2D eigenvalue weighted by atomic mass is 10.1. The maximum atomic E-state index is 13.5. The predicted molar refractivity (Wildman–Crippen MR) is 183 cm³/mol. The number of hydrogen-bond acceptors (Lipinski definition) is 7. The van der Waals surface area contributed by atoms with Crippen molar-refractivity contribution in [2.45, 2.75) is 24.0 Å². The number of aryl methyl sites for hydroxylation is 1. The fourth-order valence-electron chi connectivity index (χ4n) is 4.36. The molecule has 1 atom stereocenters. The molecule has 4 aromatic rings. The number of ether oxygens (including phenoxy) is 3. The first-order chi connectivity index (χ1) is 22.1. The first-order valence-electron chi connectivity index (χ1n) is 14.2. The van der Waals surface area contributed by atoms with Crippen LogP contribution in [-0.2, 0) is 9.59 Å². The molecule has 3 amide bonds. The van der Waals surface area contributed by atoms with E-state index in [1.54, 1.807) is 91.9 Å². The van der Waals surface area contributed by atoms with Gasteiger partial charge in [-0.25, -0.2) is 0 Å². The van der Waals surface area contributed by atoms with Crippen LogP contribution >= 0.6 is 23.4 Å². The molecule has 0 aromatic heterocycles. The average molecular weight is 660 g/mol. The van der Waals surface area contributed by atoms with Crippen LogP contribution < -0.4 is 30.2 Å². The molecule has 0 saturated carbocycles. The largest absolute Gasteiger partial charge is 0.495 e. The Bertz CT molecular complexity index is 1750. The number of para-hydroxylation sites is 1. The Kier molecular flexibility index (Phi) is 11.7. The molecule has 0 fully saturated rings. The lowest BCUT2D eigenvalue weighted by Crippen LogP contribution is -2.30. The smallest absolute Gasteiger partial charge is 0.272 e. The maximum absolute atomic E-state index is 13.5. The third-order valence-corrected chi connectivity index (χ3v) is 8.31. The van der Waals surface area contributed by atoms with Crippen LogP contribution in [0.2, 0.25) is 5.02 Å². The number of carbonyl (C=O) groups excluding carboxylic acids is 3. The van der Waals surface area contributed by atoms with Gasteiger partial charge in [0.2, 0.25) is 5.91 Å². The monoisotopic (exact) mass is 659 g/mol. The lowest BCUT2D eigenvalue weighted by Gasteiger charge is -2.16. The number of amides is 3. The molecular formula is C35H34ClN3O6S. The van der Waals surface area contributed by atoms with E-state index in [0.29, 0.717) is 44.8 Å². The third-order valence-electron chi connectivity index (χ3n) is 6.79. The molecule has 0 radical (unpaired) electrons. The number of benzene rings is 4. The van der Waals surface area contributed by atoms with E-state index in [1.165, 1.54) is 39.2 Å². The Morgan fingerprint density at radius 1 is 0.826 bits per heavy atom. The van der Waals surface area contributed by atoms with E-state index in [4.69, 9.17) is 25.8 Å². The molecule has 3 N–H and O–H groups in total. The number of anilines is 2. The molecule has 9 nitrogen and oxygen atoms in total. The summed E-state index contributed by atoms with van der Waals surface area (Å²) in [4.78, 5) is 40.3. The molecule has 4 aromatic carbocycles. The number of methoxy groups -OCH3 is 3. The Morgan fingerprint density at radius 3 is 2.17 bits per heavy atom. The van der Waals surface area contributed by atoms with E-state index in [9.17, 15) is 14.4 Å². The number of hydrogen-bond donors (Lipinski definition) is 3. The molecule has 11 heteroatoms. The van der Waals surface area contributed by atoms with E-state index in [2.05, 4.69) is 16.0 Å².